The second-order valence-electron chi connectivity index (χ2n) is 4.32. The Balaban J connectivity index is 0.00000324. The zero-order valence-corrected chi connectivity index (χ0v) is 12.5. The number of hydrazine groups is 1. The van der Waals surface area contributed by atoms with Crippen LogP contribution in [0.15, 0.2) is 30.3 Å². The third kappa shape index (κ3) is 4.89. The molecule has 0 unspecified atom stereocenters. The summed E-state index contributed by atoms with van der Waals surface area (Å²) in [4.78, 5) is 25.4. The van der Waals surface area contributed by atoms with Crippen molar-refractivity contribution >= 4 is 29.9 Å². The van der Waals surface area contributed by atoms with Gasteiger partial charge in [0.25, 0.3) is 5.91 Å². The monoisotopic (exact) mass is 285 g/mol. The molecule has 1 rings (SSSR count). The predicted octanol–water partition coefficient (Wildman–Crippen LogP) is 1.40. The normalized spacial score (nSPS) is 9.74. The lowest BCUT2D eigenvalue weighted by Gasteiger charge is -2.31. The fourth-order valence-electron chi connectivity index (χ4n) is 1.53. The van der Waals surface area contributed by atoms with E-state index in [-0.39, 0.29) is 30.8 Å². The predicted molar refractivity (Wildman–Crippen MR) is 78.2 cm³/mol. The third-order valence-corrected chi connectivity index (χ3v) is 2.44. The average Bonchev–Trinajstić information content (AvgIpc) is 2.29. The van der Waals surface area contributed by atoms with Gasteiger partial charge in [-0.1, -0.05) is 18.2 Å². The smallest absolute Gasteiger partial charge is 0.260 e. The Hall–Kier alpha value is -1.59. The minimum atomic E-state index is -0.189. The minimum absolute atomic E-state index is 0. The second kappa shape index (κ2) is 7.76. The zero-order valence-electron chi connectivity index (χ0n) is 11.7. The highest BCUT2D eigenvalue weighted by Crippen LogP contribution is 2.15. The number of anilines is 1. The Morgan fingerprint density at radius 1 is 1.05 bits per heavy atom. The first kappa shape index (κ1) is 17.4. The number of rotatable bonds is 3. The van der Waals surface area contributed by atoms with E-state index >= 15 is 0 Å². The minimum Gasteiger partial charge on any atom is -0.301 e. The Kier molecular flexibility index (Phi) is 7.11. The van der Waals surface area contributed by atoms with E-state index in [9.17, 15) is 9.59 Å². The zero-order chi connectivity index (χ0) is 13.7. The lowest BCUT2D eigenvalue weighted by atomic mass is 10.3. The molecule has 0 N–H and O–H groups in total. The Morgan fingerprint density at radius 2 is 1.58 bits per heavy atom. The third-order valence-electron chi connectivity index (χ3n) is 2.44. The van der Waals surface area contributed by atoms with Gasteiger partial charge in [0.1, 0.15) is 0 Å². The van der Waals surface area contributed by atoms with E-state index in [4.69, 9.17) is 0 Å². The standard InChI is InChI=1S/C13H19N3O2.ClH/c1-11(17)15(4)16(13(18)10-14(2)3)12-8-6-5-7-9-12;/h5-9H,10H2,1-4H3;1H. The summed E-state index contributed by atoms with van der Waals surface area (Å²) in [6, 6.07) is 9.13. The van der Waals surface area contributed by atoms with Crippen LogP contribution in [-0.4, -0.2) is 49.4 Å². The molecule has 2 amide bonds. The summed E-state index contributed by atoms with van der Waals surface area (Å²) < 4.78 is 0. The van der Waals surface area contributed by atoms with E-state index in [1.54, 1.807) is 24.1 Å². The van der Waals surface area contributed by atoms with Crippen molar-refractivity contribution in [2.24, 2.45) is 0 Å². The van der Waals surface area contributed by atoms with Crippen LogP contribution in [0.5, 0.6) is 0 Å². The molecule has 0 bridgehead atoms. The largest absolute Gasteiger partial charge is 0.301 e. The van der Waals surface area contributed by atoms with Crippen LogP contribution in [0.25, 0.3) is 0 Å². The Morgan fingerprint density at radius 3 is 2.00 bits per heavy atom. The molecule has 19 heavy (non-hydrogen) atoms. The van der Waals surface area contributed by atoms with Gasteiger partial charge in [0, 0.05) is 14.0 Å². The van der Waals surface area contributed by atoms with E-state index in [0.717, 1.165) is 0 Å². The van der Waals surface area contributed by atoms with E-state index in [1.807, 2.05) is 32.3 Å². The van der Waals surface area contributed by atoms with Gasteiger partial charge in [-0.25, -0.2) is 5.01 Å². The van der Waals surface area contributed by atoms with Crippen LogP contribution in [0.4, 0.5) is 5.69 Å². The summed E-state index contributed by atoms with van der Waals surface area (Å²) >= 11 is 0. The van der Waals surface area contributed by atoms with Crippen LogP contribution < -0.4 is 5.01 Å². The van der Waals surface area contributed by atoms with Gasteiger partial charge in [-0.3, -0.25) is 14.6 Å². The van der Waals surface area contributed by atoms with Crippen LogP contribution in [-0.2, 0) is 9.59 Å². The van der Waals surface area contributed by atoms with Crippen LogP contribution in [0, 0.1) is 0 Å². The van der Waals surface area contributed by atoms with Crippen molar-refractivity contribution < 1.29 is 9.59 Å². The topological polar surface area (TPSA) is 43.9 Å². The van der Waals surface area contributed by atoms with E-state index < -0.39 is 0 Å². The number of halogens is 1. The number of likely N-dealkylation sites (N-methyl/N-ethyl adjacent to an activating group) is 1. The molecule has 0 heterocycles. The summed E-state index contributed by atoms with van der Waals surface area (Å²) in [6.45, 7) is 1.67. The number of amides is 2. The van der Waals surface area contributed by atoms with Gasteiger partial charge in [-0.05, 0) is 26.2 Å². The summed E-state index contributed by atoms with van der Waals surface area (Å²) in [7, 11) is 5.21. The van der Waals surface area contributed by atoms with E-state index in [0.29, 0.717) is 5.69 Å². The molecule has 0 spiro atoms. The van der Waals surface area contributed by atoms with Crippen molar-refractivity contribution in [3.05, 3.63) is 30.3 Å². The molecule has 0 radical (unpaired) electrons. The molecular weight excluding hydrogens is 266 g/mol. The first-order chi connectivity index (χ1) is 8.43. The van der Waals surface area contributed by atoms with Gasteiger partial charge in [-0.2, -0.15) is 0 Å². The number of carbonyl (C=O) groups excluding carboxylic acids is 2. The van der Waals surface area contributed by atoms with Gasteiger partial charge in [0.2, 0.25) is 5.91 Å². The van der Waals surface area contributed by atoms with Gasteiger partial charge in [-0.15, -0.1) is 12.4 Å². The van der Waals surface area contributed by atoms with Crippen LogP contribution in [0.2, 0.25) is 0 Å². The first-order valence-electron chi connectivity index (χ1n) is 5.70. The van der Waals surface area contributed by atoms with Gasteiger partial charge < -0.3 is 4.90 Å². The number of hydrogen-bond donors (Lipinski definition) is 0. The van der Waals surface area contributed by atoms with Gasteiger partial charge in [0.15, 0.2) is 0 Å². The molecule has 106 valence electrons. The number of para-hydroxylation sites is 1. The molecule has 0 aliphatic rings. The Bertz CT molecular complexity index is 423. The molecule has 0 aliphatic carbocycles. The molecule has 0 aromatic heterocycles. The fourth-order valence-corrected chi connectivity index (χ4v) is 1.53. The average molecular weight is 286 g/mol. The lowest BCUT2D eigenvalue weighted by molar-refractivity contribution is -0.134. The molecule has 1 aromatic carbocycles. The maximum absolute atomic E-state index is 12.2. The van der Waals surface area contributed by atoms with Crippen molar-refractivity contribution in [2.45, 2.75) is 6.92 Å². The van der Waals surface area contributed by atoms with Crippen LogP contribution >= 0.6 is 12.4 Å². The molecule has 0 atom stereocenters. The molecule has 0 aliphatic heterocycles. The SMILES string of the molecule is CC(=O)N(C)N(C(=O)CN(C)C)c1ccccc1.Cl. The summed E-state index contributed by atoms with van der Waals surface area (Å²) in [5.41, 5.74) is 0.682. The van der Waals surface area contributed by atoms with E-state index in [1.165, 1.54) is 16.9 Å². The van der Waals surface area contributed by atoms with Gasteiger partial charge >= 0.3 is 0 Å². The maximum Gasteiger partial charge on any atom is 0.260 e. The highest BCUT2D eigenvalue weighted by atomic mass is 35.5. The van der Waals surface area contributed by atoms with Gasteiger partial charge in [0.05, 0.1) is 12.2 Å². The van der Waals surface area contributed by atoms with E-state index in [2.05, 4.69) is 0 Å². The second-order valence-corrected chi connectivity index (χ2v) is 4.32. The molecule has 0 fully saturated rings. The molecule has 1 aromatic rings. The molecule has 5 nitrogen and oxygen atoms in total. The first-order valence-corrected chi connectivity index (χ1v) is 5.70. The van der Waals surface area contributed by atoms with Crippen molar-refractivity contribution in [1.29, 1.82) is 0 Å². The highest BCUT2D eigenvalue weighted by molar-refractivity contribution is 5.97. The molecule has 0 saturated carbocycles. The van der Waals surface area contributed by atoms with Crippen molar-refractivity contribution in [3.63, 3.8) is 0 Å². The number of benzene rings is 1. The number of hydrogen-bond acceptors (Lipinski definition) is 3. The van der Waals surface area contributed by atoms with Crippen molar-refractivity contribution in [3.8, 4) is 0 Å². The molecule has 6 heteroatoms. The highest BCUT2D eigenvalue weighted by Gasteiger charge is 2.22. The molecule has 0 saturated heterocycles. The van der Waals surface area contributed by atoms with Crippen LogP contribution in [0.3, 0.4) is 0 Å². The summed E-state index contributed by atoms with van der Waals surface area (Å²) in [5, 5.41) is 2.71. The summed E-state index contributed by atoms with van der Waals surface area (Å²) in [6.07, 6.45) is 0. The number of carbonyl (C=O) groups is 2. The lowest BCUT2D eigenvalue weighted by Crippen LogP contribution is -2.49. The quantitative estimate of drug-likeness (QED) is 0.789. The fraction of sp³-hybridized carbons (Fsp3) is 0.385. The maximum atomic E-state index is 12.2. The van der Waals surface area contributed by atoms with Crippen LogP contribution in [0.1, 0.15) is 6.92 Å². The van der Waals surface area contributed by atoms with Crippen molar-refractivity contribution in [2.75, 3.05) is 32.7 Å². The number of nitrogens with zero attached hydrogens (tertiary/aromatic N) is 3. The van der Waals surface area contributed by atoms with Crippen molar-refractivity contribution in [1.82, 2.24) is 9.91 Å². The Labute approximate surface area is 120 Å². The summed E-state index contributed by atoms with van der Waals surface area (Å²) in [5.74, 6) is -0.338. The molecular formula is C13H20ClN3O2.